The molecule has 1 fully saturated rings. The van der Waals surface area contributed by atoms with Crippen LogP contribution < -0.4 is 5.32 Å². The van der Waals surface area contributed by atoms with Crippen LogP contribution in [0.2, 0.25) is 0 Å². The lowest BCUT2D eigenvalue weighted by atomic mass is 10.0. The minimum atomic E-state index is 0.0437. The number of nitrogens with zero attached hydrogens (tertiary/aromatic N) is 2. The molecule has 122 valence electrons. The lowest BCUT2D eigenvalue weighted by molar-refractivity contribution is 0.0949. The Hall–Kier alpha value is -2.10. The van der Waals surface area contributed by atoms with Crippen molar-refractivity contribution in [2.24, 2.45) is 5.92 Å². The first-order valence-electron chi connectivity index (χ1n) is 8.57. The van der Waals surface area contributed by atoms with Crippen LogP contribution in [0.25, 0.3) is 5.69 Å². The van der Waals surface area contributed by atoms with Gasteiger partial charge in [-0.3, -0.25) is 4.79 Å². The second kappa shape index (κ2) is 6.57. The molecule has 23 heavy (non-hydrogen) atoms. The highest BCUT2D eigenvalue weighted by atomic mass is 16.1. The van der Waals surface area contributed by atoms with Crippen molar-refractivity contribution in [2.45, 2.75) is 52.5 Å². The van der Waals surface area contributed by atoms with Gasteiger partial charge in [0.15, 0.2) is 0 Å². The minimum Gasteiger partial charge on any atom is -0.349 e. The van der Waals surface area contributed by atoms with Crippen LogP contribution in [0, 0.1) is 5.92 Å². The van der Waals surface area contributed by atoms with E-state index in [9.17, 15) is 4.79 Å². The third-order valence-corrected chi connectivity index (χ3v) is 4.13. The maximum absolute atomic E-state index is 12.8. The highest BCUT2D eigenvalue weighted by molar-refractivity contribution is 5.97. The summed E-state index contributed by atoms with van der Waals surface area (Å²) in [4.78, 5) is 12.8. The van der Waals surface area contributed by atoms with Crippen LogP contribution in [-0.4, -0.2) is 21.7 Å². The SMILES string of the molecule is CCc1c(C(=O)NC2CC2)c(CC(C)C)nn1-c1ccccc1. The molecular weight excluding hydrogens is 286 g/mol. The lowest BCUT2D eigenvalue weighted by Gasteiger charge is -2.08. The Labute approximate surface area is 137 Å². The number of aromatic nitrogens is 2. The van der Waals surface area contributed by atoms with Gasteiger partial charge in [0.05, 0.1) is 22.6 Å². The Bertz CT molecular complexity index is 684. The van der Waals surface area contributed by atoms with E-state index in [1.807, 2.05) is 35.0 Å². The summed E-state index contributed by atoms with van der Waals surface area (Å²) in [6, 6.07) is 10.4. The van der Waals surface area contributed by atoms with E-state index in [-0.39, 0.29) is 5.91 Å². The summed E-state index contributed by atoms with van der Waals surface area (Å²) in [5, 5.41) is 7.93. The summed E-state index contributed by atoms with van der Waals surface area (Å²) >= 11 is 0. The molecular formula is C19H25N3O. The third kappa shape index (κ3) is 3.46. The van der Waals surface area contributed by atoms with E-state index in [1.54, 1.807) is 0 Å². The molecule has 3 rings (SSSR count). The van der Waals surface area contributed by atoms with Crippen molar-refractivity contribution in [1.82, 2.24) is 15.1 Å². The monoisotopic (exact) mass is 311 g/mol. The van der Waals surface area contributed by atoms with Crippen molar-refractivity contribution in [3.8, 4) is 5.69 Å². The van der Waals surface area contributed by atoms with Crippen LogP contribution in [-0.2, 0) is 12.8 Å². The van der Waals surface area contributed by atoms with Gasteiger partial charge < -0.3 is 5.32 Å². The van der Waals surface area contributed by atoms with Crippen molar-refractivity contribution < 1.29 is 4.79 Å². The second-order valence-corrected chi connectivity index (χ2v) is 6.72. The molecule has 0 spiro atoms. The Kier molecular flexibility index (Phi) is 4.51. The highest BCUT2D eigenvalue weighted by Crippen LogP contribution is 2.25. The predicted octanol–water partition coefficient (Wildman–Crippen LogP) is 3.53. The molecule has 1 aliphatic carbocycles. The van der Waals surface area contributed by atoms with Gasteiger partial charge in [-0.15, -0.1) is 0 Å². The molecule has 2 aromatic rings. The molecule has 0 unspecified atom stereocenters. The molecule has 1 aromatic heterocycles. The van der Waals surface area contributed by atoms with Gasteiger partial charge >= 0.3 is 0 Å². The average Bonchev–Trinajstić information content (AvgIpc) is 3.26. The summed E-state index contributed by atoms with van der Waals surface area (Å²) in [5.41, 5.74) is 3.72. The van der Waals surface area contributed by atoms with Crippen LogP contribution in [0.3, 0.4) is 0 Å². The Morgan fingerprint density at radius 1 is 1.30 bits per heavy atom. The zero-order valence-electron chi connectivity index (χ0n) is 14.2. The van der Waals surface area contributed by atoms with Gasteiger partial charge in [0.25, 0.3) is 5.91 Å². The first kappa shape index (κ1) is 15.8. The average molecular weight is 311 g/mol. The zero-order chi connectivity index (χ0) is 16.4. The van der Waals surface area contributed by atoms with Crippen molar-refractivity contribution >= 4 is 5.91 Å². The van der Waals surface area contributed by atoms with Gasteiger partial charge in [-0.05, 0) is 43.7 Å². The summed E-state index contributed by atoms with van der Waals surface area (Å²) < 4.78 is 1.94. The Morgan fingerprint density at radius 3 is 2.57 bits per heavy atom. The number of nitrogens with one attached hydrogen (secondary N) is 1. The molecule has 0 saturated heterocycles. The number of para-hydroxylation sites is 1. The van der Waals surface area contributed by atoms with E-state index >= 15 is 0 Å². The van der Waals surface area contributed by atoms with Gasteiger partial charge in [-0.25, -0.2) is 4.68 Å². The number of benzene rings is 1. The third-order valence-electron chi connectivity index (χ3n) is 4.13. The molecule has 0 radical (unpaired) electrons. The van der Waals surface area contributed by atoms with Gasteiger partial charge in [0.2, 0.25) is 0 Å². The first-order valence-corrected chi connectivity index (χ1v) is 8.57. The number of carbonyl (C=O) groups is 1. The number of hydrogen-bond donors (Lipinski definition) is 1. The number of hydrogen-bond acceptors (Lipinski definition) is 2. The van der Waals surface area contributed by atoms with Crippen LogP contribution >= 0.6 is 0 Å². The molecule has 4 nitrogen and oxygen atoms in total. The largest absolute Gasteiger partial charge is 0.349 e. The number of rotatable bonds is 6. The van der Waals surface area contributed by atoms with E-state index in [1.165, 1.54) is 0 Å². The Balaban J connectivity index is 2.06. The van der Waals surface area contributed by atoms with Crippen LogP contribution in [0.5, 0.6) is 0 Å². The fourth-order valence-corrected chi connectivity index (χ4v) is 2.89. The quantitative estimate of drug-likeness (QED) is 0.887. The maximum Gasteiger partial charge on any atom is 0.255 e. The molecule has 1 heterocycles. The molecule has 1 aromatic carbocycles. The first-order chi connectivity index (χ1) is 11.1. The summed E-state index contributed by atoms with van der Waals surface area (Å²) in [6.07, 6.45) is 3.80. The standard InChI is InChI=1S/C19H25N3O/c1-4-17-18(19(23)20-14-10-11-14)16(12-13(2)3)21-22(17)15-8-6-5-7-9-15/h5-9,13-14H,4,10-12H2,1-3H3,(H,20,23). The van der Waals surface area contributed by atoms with Crippen LogP contribution in [0.4, 0.5) is 0 Å². The molecule has 0 bridgehead atoms. The topological polar surface area (TPSA) is 46.9 Å². The fourth-order valence-electron chi connectivity index (χ4n) is 2.89. The highest BCUT2D eigenvalue weighted by Gasteiger charge is 2.29. The van der Waals surface area contributed by atoms with Crippen LogP contribution in [0.15, 0.2) is 30.3 Å². The van der Waals surface area contributed by atoms with E-state index in [0.717, 1.165) is 48.3 Å². The van der Waals surface area contributed by atoms with Crippen molar-refractivity contribution in [3.05, 3.63) is 47.3 Å². The van der Waals surface area contributed by atoms with E-state index < -0.39 is 0 Å². The molecule has 1 saturated carbocycles. The molecule has 0 atom stereocenters. The molecule has 4 heteroatoms. The smallest absolute Gasteiger partial charge is 0.255 e. The lowest BCUT2D eigenvalue weighted by Crippen LogP contribution is -2.27. The van der Waals surface area contributed by atoms with E-state index in [0.29, 0.717) is 12.0 Å². The van der Waals surface area contributed by atoms with E-state index in [2.05, 4.69) is 26.1 Å². The number of amides is 1. The normalized spacial score (nSPS) is 14.3. The van der Waals surface area contributed by atoms with E-state index in [4.69, 9.17) is 5.10 Å². The van der Waals surface area contributed by atoms with Crippen molar-refractivity contribution in [3.63, 3.8) is 0 Å². The summed E-state index contributed by atoms with van der Waals surface area (Å²) in [7, 11) is 0. The fraction of sp³-hybridized carbons (Fsp3) is 0.474. The number of carbonyl (C=O) groups excluding carboxylic acids is 1. The minimum absolute atomic E-state index is 0.0437. The zero-order valence-corrected chi connectivity index (χ0v) is 14.2. The van der Waals surface area contributed by atoms with Gasteiger partial charge in [-0.1, -0.05) is 39.0 Å². The molecule has 1 N–H and O–H groups in total. The van der Waals surface area contributed by atoms with Crippen molar-refractivity contribution in [2.75, 3.05) is 0 Å². The van der Waals surface area contributed by atoms with Gasteiger partial charge in [-0.2, -0.15) is 5.10 Å². The molecule has 1 amide bonds. The maximum atomic E-state index is 12.8. The predicted molar refractivity (Wildman–Crippen MR) is 92.0 cm³/mol. The Morgan fingerprint density at radius 2 is 2.00 bits per heavy atom. The molecule has 1 aliphatic rings. The summed E-state index contributed by atoms with van der Waals surface area (Å²) in [6.45, 7) is 6.41. The summed E-state index contributed by atoms with van der Waals surface area (Å²) in [5.74, 6) is 0.508. The van der Waals surface area contributed by atoms with Gasteiger partial charge in [0.1, 0.15) is 0 Å². The van der Waals surface area contributed by atoms with Crippen LogP contribution in [0.1, 0.15) is 55.4 Å². The van der Waals surface area contributed by atoms with Crippen molar-refractivity contribution in [1.29, 1.82) is 0 Å². The van der Waals surface area contributed by atoms with Gasteiger partial charge in [0, 0.05) is 6.04 Å². The molecule has 0 aliphatic heterocycles. The second-order valence-electron chi connectivity index (χ2n) is 6.72.